The van der Waals surface area contributed by atoms with Crippen molar-refractivity contribution in [1.29, 1.82) is 0 Å². The zero-order valence-electron chi connectivity index (χ0n) is 11.1. The molecule has 0 aliphatic heterocycles. The topological polar surface area (TPSA) is 49.8 Å². The minimum Gasteiger partial charge on any atom is -0.370 e. The highest BCUT2D eigenvalue weighted by Crippen LogP contribution is 2.17. The largest absolute Gasteiger partial charge is 0.370 e. The molecule has 0 bridgehead atoms. The minimum absolute atomic E-state index is 0.788. The van der Waals surface area contributed by atoms with E-state index >= 15 is 0 Å². The molecule has 6 heteroatoms. The first-order valence-electron chi connectivity index (χ1n) is 6.23. The maximum atomic E-state index is 4.46. The fraction of sp³-hybridized carbons (Fsp3) is 0.385. The molecule has 102 valence electrons. The molecule has 0 saturated carbocycles. The highest BCUT2D eigenvalue weighted by atomic mass is 32.2. The van der Waals surface area contributed by atoms with E-state index in [1.807, 2.05) is 12.3 Å². The lowest BCUT2D eigenvalue weighted by Crippen LogP contribution is -2.08. The van der Waals surface area contributed by atoms with Crippen molar-refractivity contribution in [2.75, 3.05) is 30.0 Å². The number of nitrogens with one attached hydrogen (secondary N) is 2. The van der Waals surface area contributed by atoms with Gasteiger partial charge in [-0.25, -0.2) is 9.97 Å². The molecule has 0 radical (unpaired) electrons. The van der Waals surface area contributed by atoms with E-state index in [1.54, 1.807) is 23.1 Å². The Morgan fingerprint density at radius 2 is 2.05 bits per heavy atom. The Morgan fingerprint density at radius 1 is 1.26 bits per heavy atom. The number of anilines is 2. The Labute approximate surface area is 122 Å². The van der Waals surface area contributed by atoms with Gasteiger partial charge in [-0.05, 0) is 42.0 Å². The third-order valence-electron chi connectivity index (χ3n) is 2.55. The van der Waals surface area contributed by atoms with Crippen LogP contribution in [0.3, 0.4) is 0 Å². The summed E-state index contributed by atoms with van der Waals surface area (Å²) in [6, 6.07) is 4.11. The quantitative estimate of drug-likeness (QED) is 0.606. The molecule has 0 unspecified atom stereocenters. The van der Waals surface area contributed by atoms with Gasteiger partial charge < -0.3 is 10.6 Å². The van der Waals surface area contributed by atoms with E-state index in [0.717, 1.165) is 36.3 Å². The number of thioether (sulfide) groups is 1. The predicted molar refractivity (Wildman–Crippen MR) is 84.5 cm³/mol. The van der Waals surface area contributed by atoms with Gasteiger partial charge in [0.25, 0.3) is 0 Å². The molecule has 2 aromatic rings. The Morgan fingerprint density at radius 3 is 2.68 bits per heavy atom. The molecule has 0 amide bonds. The van der Waals surface area contributed by atoms with Gasteiger partial charge in [-0.2, -0.15) is 11.3 Å². The molecule has 2 heterocycles. The van der Waals surface area contributed by atoms with Crippen LogP contribution in [0.4, 0.5) is 11.6 Å². The molecule has 2 N–H and O–H groups in total. The molecular weight excluding hydrogens is 276 g/mol. The first-order chi connectivity index (χ1) is 9.31. The van der Waals surface area contributed by atoms with E-state index in [9.17, 15) is 0 Å². The van der Waals surface area contributed by atoms with Crippen LogP contribution in [0.1, 0.15) is 12.5 Å². The van der Waals surface area contributed by atoms with Crippen LogP contribution in [0.25, 0.3) is 0 Å². The maximum Gasteiger partial charge on any atom is 0.191 e. The van der Waals surface area contributed by atoms with Crippen LogP contribution in [0.15, 0.2) is 28.0 Å². The van der Waals surface area contributed by atoms with Gasteiger partial charge in [0.1, 0.15) is 11.6 Å². The van der Waals surface area contributed by atoms with E-state index in [0.29, 0.717) is 0 Å². The van der Waals surface area contributed by atoms with Crippen LogP contribution in [0.2, 0.25) is 0 Å². The van der Waals surface area contributed by atoms with Gasteiger partial charge in [-0.3, -0.25) is 0 Å². The Hall–Kier alpha value is -1.27. The zero-order valence-corrected chi connectivity index (χ0v) is 12.8. The van der Waals surface area contributed by atoms with Gasteiger partial charge >= 0.3 is 0 Å². The summed E-state index contributed by atoms with van der Waals surface area (Å²) < 4.78 is 0. The fourth-order valence-electron chi connectivity index (χ4n) is 1.65. The van der Waals surface area contributed by atoms with Crippen molar-refractivity contribution in [3.63, 3.8) is 0 Å². The molecule has 0 aliphatic rings. The number of rotatable bonds is 7. The number of aromatic nitrogens is 2. The molecule has 0 saturated heterocycles. The smallest absolute Gasteiger partial charge is 0.191 e. The first-order valence-corrected chi connectivity index (χ1v) is 8.40. The summed E-state index contributed by atoms with van der Waals surface area (Å²) >= 11 is 3.29. The number of thiophene rings is 1. The summed E-state index contributed by atoms with van der Waals surface area (Å²) in [6.45, 7) is 3.80. The molecule has 2 rings (SSSR count). The van der Waals surface area contributed by atoms with Crippen LogP contribution >= 0.6 is 23.1 Å². The lowest BCUT2D eigenvalue weighted by atomic mass is 10.2. The monoisotopic (exact) mass is 294 g/mol. The molecule has 19 heavy (non-hydrogen) atoms. The molecule has 4 nitrogen and oxygen atoms in total. The Balaban J connectivity index is 1.96. The van der Waals surface area contributed by atoms with E-state index in [1.165, 1.54) is 5.56 Å². The Bertz CT molecular complexity index is 499. The van der Waals surface area contributed by atoms with E-state index in [-0.39, 0.29) is 0 Å². The third-order valence-corrected chi connectivity index (χ3v) is 3.83. The second-order valence-corrected chi connectivity index (χ2v) is 5.52. The molecule has 2 aromatic heterocycles. The molecule has 0 spiro atoms. The van der Waals surface area contributed by atoms with Crippen LogP contribution in [0.5, 0.6) is 0 Å². The molecule has 0 atom stereocenters. The van der Waals surface area contributed by atoms with Gasteiger partial charge in [0.15, 0.2) is 5.16 Å². The van der Waals surface area contributed by atoms with Crippen molar-refractivity contribution in [1.82, 2.24) is 9.97 Å². The minimum atomic E-state index is 0.788. The Kier molecular flexibility index (Phi) is 5.47. The SMILES string of the molecule is CCNc1cc(NCCc2ccsc2)nc(SC)n1. The summed E-state index contributed by atoms with van der Waals surface area (Å²) in [5.41, 5.74) is 1.36. The molecular formula is C13H18N4S2. The lowest BCUT2D eigenvalue weighted by Gasteiger charge is -2.09. The van der Waals surface area contributed by atoms with E-state index in [2.05, 4.69) is 44.4 Å². The lowest BCUT2D eigenvalue weighted by molar-refractivity contribution is 0.938. The summed E-state index contributed by atoms with van der Waals surface area (Å²) in [6.07, 6.45) is 3.00. The summed E-state index contributed by atoms with van der Waals surface area (Å²) in [5, 5.41) is 11.7. The maximum absolute atomic E-state index is 4.46. The average molecular weight is 294 g/mol. The molecule has 0 fully saturated rings. The van der Waals surface area contributed by atoms with Gasteiger partial charge in [0.2, 0.25) is 0 Å². The standard InChI is InChI=1S/C13H18N4S2/c1-3-14-11-8-12(17-13(16-11)18-2)15-6-4-10-5-7-19-9-10/h5,7-9H,3-4,6H2,1-2H3,(H2,14,15,16,17). The van der Waals surface area contributed by atoms with Crippen molar-refractivity contribution in [2.45, 2.75) is 18.5 Å². The number of hydrogen-bond donors (Lipinski definition) is 2. The van der Waals surface area contributed by atoms with Crippen molar-refractivity contribution >= 4 is 34.7 Å². The van der Waals surface area contributed by atoms with Crippen LogP contribution < -0.4 is 10.6 Å². The van der Waals surface area contributed by atoms with Gasteiger partial charge in [0, 0.05) is 19.2 Å². The second-order valence-electron chi connectivity index (χ2n) is 3.96. The summed E-state index contributed by atoms with van der Waals surface area (Å²) in [4.78, 5) is 8.86. The first kappa shape index (κ1) is 14.1. The van der Waals surface area contributed by atoms with E-state index < -0.39 is 0 Å². The average Bonchev–Trinajstić information content (AvgIpc) is 2.92. The summed E-state index contributed by atoms with van der Waals surface area (Å²) in [5.74, 6) is 1.76. The molecule has 0 aliphatic carbocycles. The normalized spacial score (nSPS) is 10.4. The van der Waals surface area contributed by atoms with Crippen molar-refractivity contribution < 1.29 is 0 Å². The van der Waals surface area contributed by atoms with E-state index in [4.69, 9.17) is 0 Å². The highest BCUT2D eigenvalue weighted by molar-refractivity contribution is 7.98. The highest BCUT2D eigenvalue weighted by Gasteiger charge is 2.03. The van der Waals surface area contributed by atoms with Crippen LogP contribution in [-0.2, 0) is 6.42 Å². The van der Waals surface area contributed by atoms with Gasteiger partial charge in [-0.1, -0.05) is 11.8 Å². The van der Waals surface area contributed by atoms with Crippen molar-refractivity contribution in [3.05, 3.63) is 28.5 Å². The summed E-state index contributed by atoms with van der Waals surface area (Å²) in [7, 11) is 0. The predicted octanol–water partition coefficient (Wildman–Crippen LogP) is 3.35. The number of hydrogen-bond acceptors (Lipinski definition) is 6. The zero-order chi connectivity index (χ0) is 13.5. The third kappa shape index (κ3) is 4.40. The van der Waals surface area contributed by atoms with Gasteiger partial charge in [-0.15, -0.1) is 0 Å². The van der Waals surface area contributed by atoms with Crippen LogP contribution in [0, 0.1) is 0 Å². The number of nitrogens with zero attached hydrogens (tertiary/aromatic N) is 2. The van der Waals surface area contributed by atoms with Gasteiger partial charge in [0.05, 0.1) is 0 Å². The van der Waals surface area contributed by atoms with Crippen molar-refractivity contribution in [2.24, 2.45) is 0 Å². The van der Waals surface area contributed by atoms with Crippen LogP contribution in [-0.4, -0.2) is 29.3 Å². The second kappa shape index (κ2) is 7.35. The van der Waals surface area contributed by atoms with Crippen molar-refractivity contribution in [3.8, 4) is 0 Å². The molecule has 0 aromatic carbocycles. The fourth-order valence-corrected chi connectivity index (χ4v) is 2.73.